The minimum Gasteiger partial charge on any atom is -0.387 e. The number of nitrogens with zero attached hydrogens (tertiary/aromatic N) is 1. The number of carbonyl (C=O) groups is 1. The van der Waals surface area contributed by atoms with Gasteiger partial charge in [0.05, 0.1) is 21.6 Å². The maximum atomic E-state index is 12.4. The number of benzene rings is 3. The fraction of sp³-hybridized carbons (Fsp3) is 0.0952. The maximum Gasteiger partial charge on any atom is 0.285 e. The van der Waals surface area contributed by atoms with Crippen LogP contribution in [0.15, 0.2) is 66.7 Å². The summed E-state index contributed by atoms with van der Waals surface area (Å²) >= 11 is 0. The van der Waals surface area contributed by atoms with Crippen LogP contribution < -0.4 is 5.32 Å². The van der Waals surface area contributed by atoms with E-state index in [9.17, 15) is 14.9 Å². The SMILES string of the molecule is CNc1cc(-c2ccccc2)c([N+](=O)[O-])c(-c2ccccc2)c1C(C)=O. The van der Waals surface area contributed by atoms with Crippen LogP contribution in [0.3, 0.4) is 0 Å². The van der Waals surface area contributed by atoms with Crippen molar-refractivity contribution in [1.82, 2.24) is 0 Å². The lowest BCUT2D eigenvalue weighted by molar-refractivity contribution is -0.383. The summed E-state index contributed by atoms with van der Waals surface area (Å²) in [5.41, 5.74) is 3.01. The molecule has 0 unspecified atom stereocenters. The Morgan fingerprint density at radius 2 is 1.50 bits per heavy atom. The fourth-order valence-corrected chi connectivity index (χ4v) is 3.15. The molecule has 1 N–H and O–H groups in total. The smallest absolute Gasteiger partial charge is 0.285 e. The Morgan fingerprint density at radius 1 is 0.962 bits per heavy atom. The van der Waals surface area contributed by atoms with Gasteiger partial charge in [-0.25, -0.2) is 0 Å². The van der Waals surface area contributed by atoms with Crippen LogP contribution in [0.5, 0.6) is 0 Å². The van der Waals surface area contributed by atoms with Crippen molar-refractivity contribution in [3.05, 3.63) is 82.4 Å². The first-order chi connectivity index (χ1) is 12.5. The van der Waals surface area contributed by atoms with Gasteiger partial charge >= 0.3 is 0 Å². The molecule has 3 aromatic carbocycles. The van der Waals surface area contributed by atoms with Gasteiger partial charge in [0.15, 0.2) is 5.78 Å². The summed E-state index contributed by atoms with van der Waals surface area (Å²) in [4.78, 5) is 24.0. The largest absolute Gasteiger partial charge is 0.387 e. The number of nitro benzene ring substituents is 1. The molecule has 5 nitrogen and oxygen atoms in total. The van der Waals surface area contributed by atoms with Crippen LogP contribution in [-0.4, -0.2) is 17.8 Å². The van der Waals surface area contributed by atoms with E-state index in [2.05, 4.69) is 5.32 Å². The number of nitro groups is 1. The molecule has 0 saturated carbocycles. The third-order valence-corrected chi connectivity index (χ3v) is 4.25. The Morgan fingerprint density at radius 3 is 1.96 bits per heavy atom. The van der Waals surface area contributed by atoms with Crippen molar-refractivity contribution in [2.45, 2.75) is 6.92 Å². The average molecular weight is 346 g/mol. The first-order valence-corrected chi connectivity index (χ1v) is 8.19. The lowest BCUT2D eigenvalue weighted by Gasteiger charge is -2.17. The molecule has 0 aromatic heterocycles. The van der Waals surface area contributed by atoms with Crippen molar-refractivity contribution < 1.29 is 9.72 Å². The Bertz CT molecular complexity index is 968. The van der Waals surface area contributed by atoms with E-state index in [0.717, 1.165) is 5.56 Å². The van der Waals surface area contributed by atoms with Crippen LogP contribution in [0, 0.1) is 10.1 Å². The molecule has 0 heterocycles. The van der Waals surface area contributed by atoms with Gasteiger partial charge in [0.25, 0.3) is 5.69 Å². The van der Waals surface area contributed by atoms with E-state index >= 15 is 0 Å². The molecule has 0 amide bonds. The van der Waals surface area contributed by atoms with Crippen molar-refractivity contribution >= 4 is 17.2 Å². The van der Waals surface area contributed by atoms with Gasteiger partial charge in [0, 0.05) is 12.7 Å². The molecule has 0 spiro atoms. The summed E-state index contributed by atoms with van der Waals surface area (Å²) in [6.45, 7) is 1.43. The fourth-order valence-electron chi connectivity index (χ4n) is 3.15. The van der Waals surface area contributed by atoms with E-state index in [1.165, 1.54) is 6.92 Å². The molecule has 0 saturated heterocycles. The zero-order chi connectivity index (χ0) is 18.7. The highest BCUT2D eigenvalue weighted by molar-refractivity contribution is 6.10. The summed E-state index contributed by atoms with van der Waals surface area (Å²) in [5, 5.41) is 15.1. The van der Waals surface area contributed by atoms with Gasteiger partial charge in [-0.15, -0.1) is 0 Å². The van der Waals surface area contributed by atoms with Gasteiger partial charge in [0.2, 0.25) is 0 Å². The van der Waals surface area contributed by atoms with Crippen molar-refractivity contribution in [3.63, 3.8) is 0 Å². The van der Waals surface area contributed by atoms with Gasteiger partial charge in [-0.2, -0.15) is 0 Å². The Labute approximate surface area is 151 Å². The molecule has 0 bridgehead atoms. The molecule has 0 fully saturated rings. The average Bonchev–Trinajstić information content (AvgIpc) is 2.67. The molecular weight excluding hydrogens is 328 g/mol. The summed E-state index contributed by atoms with van der Waals surface area (Å²) in [7, 11) is 1.71. The second kappa shape index (κ2) is 7.19. The van der Waals surface area contributed by atoms with E-state index in [0.29, 0.717) is 27.9 Å². The molecule has 0 aliphatic carbocycles. The third kappa shape index (κ3) is 3.07. The predicted octanol–water partition coefficient (Wildman–Crippen LogP) is 5.17. The molecule has 3 rings (SSSR count). The zero-order valence-corrected chi connectivity index (χ0v) is 14.5. The van der Waals surface area contributed by atoms with Gasteiger partial charge < -0.3 is 5.32 Å². The van der Waals surface area contributed by atoms with Crippen molar-refractivity contribution in [3.8, 4) is 22.3 Å². The summed E-state index contributed by atoms with van der Waals surface area (Å²) in [6, 6.07) is 19.8. The lowest BCUT2D eigenvalue weighted by Crippen LogP contribution is -2.07. The minimum absolute atomic E-state index is 0.0633. The molecule has 130 valence electrons. The monoisotopic (exact) mass is 346 g/mol. The number of hydrogen-bond acceptors (Lipinski definition) is 4. The quantitative estimate of drug-likeness (QED) is 0.393. The summed E-state index contributed by atoms with van der Waals surface area (Å²) in [5.74, 6) is -0.226. The van der Waals surface area contributed by atoms with Crippen molar-refractivity contribution in [2.75, 3.05) is 12.4 Å². The molecule has 26 heavy (non-hydrogen) atoms. The molecule has 0 aliphatic heterocycles. The molecule has 3 aromatic rings. The van der Waals surface area contributed by atoms with Crippen molar-refractivity contribution in [1.29, 1.82) is 0 Å². The van der Waals surface area contributed by atoms with E-state index < -0.39 is 4.92 Å². The Hall–Kier alpha value is -3.47. The lowest BCUT2D eigenvalue weighted by atomic mass is 9.89. The number of ketones is 1. The summed E-state index contributed by atoms with van der Waals surface area (Å²) in [6.07, 6.45) is 0. The minimum atomic E-state index is -0.406. The van der Waals surface area contributed by atoms with Crippen LogP contribution in [0.2, 0.25) is 0 Å². The highest BCUT2D eigenvalue weighted by atomic mass is 16.6. The van der Waals surface area contributed by atoms with Gasteiger partial charge in [-0.1, -0.05) is 60.7 Å². The summed E-state index contributed by atoms with van der Waals surface area (Å²) < 4.78 is 0. The number of carbonyl (C=O) groups excluding carboxylic acids is 1. The maximum absolute atomic E-state index is 12.4. The standard InChI is InChI=1S/C21H18N2O3/c1-14(24)19-18(22-2)13-17(15-9-5-3-6-10-15)21(23(25)26)20(19)16-11-7-4-8-12-16/h3-13,22H,1-2H3. The van der Waals surface area contributed by atoms with E-state index in [1.807, 2.05) is 36.4 Å². The van der Waals surface area contributed by atoms with E-state index in [1.54, 1.807) is 37.4 Å². The first-order valence-electron chi connectivity index (χ1n) is 8.19. The molecule has 0 radical (unpaired) electrons. The number of hydrogen-bond donors (Lipinski definition) is 1. The van der Waals surface area contributed by atoms with E-state index in [-0.39, 0.29) is 11.5 Å². The topological polar surface area (TPSA) is 72.2 Å². The highest BCUT2D eigenvalue weighted by Gasteiger charge is 2.29. The zero-order valence-electron chi connectivity index (χ0n) is 14.5. The van der Waals surface area contributed by atoms with Crippen LogP contribution in [0.25, 0.3) is 22.3 Å². The number of anilines is 1. The second-order valence-electron chi connectivity index (χ2n) is 5.87. The predicted molar refractivity (Wildman–Crippen MR) is 104 cm³/mol. The Kier molecular flexibility index (Phi) is 4.80. The van der Waals surface area contributed by atoms with Crippen LogP contribution in [0.1, 0.15) is 17.3 Å². The normalized spacial score (nSPS) is 10.4. The molecule has 5 heteroatoms. The first kappa shape index (κ1) is 17.4. The third-order valence-electron chi connectivity index (χ3n) is 4.25. The highest BCUT2D eigenvalue weighted by Crippen LogP contribution is 2.44. The molecule has 0 atom stereocenters. The van der Waals surface area contributed by atoms with Crippen molar-refractivity contribution in [2.24, 2.45) is 0 Å². The van der Waals surface area contributed by atoms with Crippen LogP contribution in [0.4, 0.5) is 11.4 Å². The van der Waals surface area contributed by atoms with Gasteiger partial charge in [-0.05, 0) is 24.1 Å². The van der Waals surface area contributed by atoms with Gasteiger partial charge in [-0.3, -0.25) is 14.9 Å². The van der Waals surface area contributed by atoms with Gasteiger partial charge in [0.1, 0.15) is 0 Å². The number of nitrogens with one attached hydrogen (secondary N) is 1. The number of Topliss-reactive ketones (excluding diaryl/α,β-unsaturated/α-hetero) is 1. The molecular formula is C21H18N2O3. The number of rotatable bonds is 5. The Balaban J connectivity index is 2.49. The molecule has 0 aliphatic rings. The van der Waals surface area contributed by atoms with E-state index in [4.69, 9.17) is 0 Å². The second-order valence-corrected chi connectivity index (χ2v) is 5.87. The van der Waals surface area contributed by atoms with Crippen LogP contribution >= 0.6 is 0 Å². The van der Waals surface area contributed by atoms with Crippen LogP contribution in [-0.2, 0) is 0 Å².